The molecule has 0 radical (unpaired) electrons. The molecular weight excluding hydrogens is 254 g/mol. The Bertz CT molecular complexity index is 446. The fraction of sp³-hybridized carbons (Fsp3) is 0.625. The van der Waals surface area contributed by atoms with Crippen LogP contribution in [0.15, 0.2) is 24.3 Å². The highest BCUT2D eigenvalue weighted by Gasteiger charge is 2.36. The number of fused-ring (bicyclic) bond motifs is 1. The lowest BCUT2D eigenvalue weighted by atomic mass is 10.1. The first-order valence-corrected chi connectivity index (χ1v) is 8.67. The van der Waals surface area contributed by atoms with E-state index in [9.17, 15) is 4.21 Å². The van der Waals surface area contributed by atoms with Gasteiger partial charge in [0.05, 0.1) is 5.25 Å². The highest BCUT2D eigenvalue weighted by molar-refractivity contribution is 7.86. The van der Waals surface area contributed by atoms with Crippen LogP contribution in [-0.4, -0.2) is 21.3 Å². The molecule has 0 saturated carbocycles. The van der Waals surface area contributed by atoms with Gasteiger partial charge in [0.15, 0.2) is 0 Å². The molecule has 0 amide bonds. The zero-order valence-electron chi connectivity index (χ0n) is 12.2. The number of hydrogen-bond acceptors (Lipinski definition) is 2. The average molecular weight is 279 g/mol. The maximum atomic E-state index is 12.7. The molecule has 0 bridgehead atoms. The monoisotopic (exact) mass is 279 g/mol. The van der Waals surface area contributed by atoms with Crippen molar-refractivity contribution in [3.63, 3.8) is 0 Å². The lowest BCUT2D eigenvalue weighted by Gasteiger charge is -2.24. The maximum absolute atomic E-state index is 12.7. The van der Waals surface area contributed by atoms with E-state index < -0.39 is 10.8 Å². The molecule has 2 nitrogen and oxygen atoms in total. The van der Waals surface area contributed by atoms with Crippen LogP contribution in [0.1, 0.15) is 50.8 Å². The second-order valence-corrected chi connectivity index (χ2v) is 7.49. The Kier molecular flexibility index (Phi) is 5.17. The molecule has 4 atom stereocenters. The van der Waals surface area contributed by atoms with Crippen LogP contribution in [0.2, 0.25) is 0 Å². The van der Waals surface area contributed by atoms with Crippen LogP contribution in [-0.2, 0) is 17.2 Å². The van der Waals surface area contributed by atoms with Gasteiger partial charge in [-0.05, 0) is 36.9 Å². The molecule has 106 valence electrons. The van der Waals surface area contributed by atoms with E-state index in [0.717, 1.165) is 25.8 Å². The van der Waals surface area contributed by atoms with E-state index >= 15 is 0 Å². The minimum Gasteiger partial charge on any atom is -0.309 e. The van der Waals surface area contributed by atoms with Gasteiger partial charge in [-0.3, -0.25) is 4.21 Å². The van der Waals surface area contributed by atoms with E-state index in [4.69, 9.17) is 0 Å². The molecule has 1 aliphatic carbocycles. The third kappa shape index (κ3) is 3.09. The lowest BCUT2D eigenvalue weighted by Crippen LogP contribution is -2.35. The summed E-state index contributed by atoms with van der Waals surface area (Å²) in [4.78, 5) is 0. The van der Waals surface area contributed by atoms with Gasteiger partial charge in [-0.1, -0.05) is 45.0 Å². The molecule has 3 heteroatoms. The van der Waals surface area contributed by atoms with E-state index in [1.165, 1.54) is 11.1 Å². The Hall–Kier alpha value is -0.670. The van der Waals surface area contributed by atoms with Gasteiger partial charge in [0.1, 0.15) is 0 Å². The topological polar surface area (TPSA) is 29.1 Å². The Labute approximate surface area is 119 Å². The van der Waals surface area contributed by atoms with Crippen LogP contribution in [0.4, 0.5) is 0 Å². The number of rotatable bonds is 6. The molecule has 0 spiro atoms. The quantitative estimate of drug-likeness (QED) is 0.866. The van der Waals surface area contributed by atoms with Crippen molar-refractivity contribution in [2.75, 3.05) is 6.54 Å². The first kappa shape index (κ1) is 14.7. The second kappa shape index (κ2) is 6.67. The van der Waals surface area contributed by atoms with Gasteiger partial charge in [-0.2, -0.15) is 0 Å². The molecule has 19 heavy (non-hydrogen) atoms. The summed E-state index contributed by atoms with van der Waals surface area (Å²) in [6.07, 6.45) is 3.05. The predicted molar refractivity (Wildman–Crippen MR) is 82.9 cm³/mol. The van der Waals surface area contributed by atoms with Crippen LogP contribution in [0.25, 0.3) is 0 Å². The normalized spacial score (nSPS) is 25.0. The zero-order valence-corrected chi connectivity index (χ0v) is 13.0. The zero-order chi connectivity index (χ0) is 13.8. The Balaban J connectivity index is 2.22. The van der Waals surface area contributed by atoms with Crippen molar-refractivity contribution < 1.29 is 4.21 Å². The van der Waals surface area contributed by atoms with Gasteiger partial charge in [-0.15, -0.1) is 0 Å². The standard InChI is InChI=1S/C16H25NOS/c1-4-10-17-16-14-9-7-6-8-13(14)11-15(16)19(18)12(3)5-2/h6-9,12,15-17H,4-5,10-11H2,1-3H3. The summed E-state index contributed by atoms with van der Waals surface area (Å²) in [5.41, 5.74) is 2.73. The largest absolute Gasteiger partial charge is 0.309 e. The van der Waals surface area contributed by atoms with E-state index in [1.54, 1.807) is 0 Å². The fourth-order valence-corrected chi connectivity index (χ4v) is 4.56. The minimum atomic E-state index is -0.762. The molecule has 4 unspecified atom stereocenters. The van der Waals surface area contributed by atoms with E-state index in [-0.39, 0.29) is 16.5 Å². The Morgan fingerprint density at radius 3 is 2.79 bits per heavy atom. The minimum absolute atomic E-state index is 0.235. The van der Waals surface area contributed by atoms with Crippen molar-refractivity contribution in [3.05, 3.63) is 35.4 Å². The van der Waals surface area contributed by atoms with Crippen LogP contribution in [0.5, 0.6) is 0 Å². The number of nitrogens with one attached hydrogen (secondary N) is 1. The number of hydrogen-bond donors (Lipinski definition) is 1. The third-order valence-corrected chi connectivity index (χ3v) is 6.23. The summed E-state index contributed by atoms with van der Waals surface area (Å²) < 4.78 is 12.7. The van der Waals surface area contributed by atoms with E-state index in [2.05, 4.69) is 50.4 Å². The molecule has 0 fully saturated rings. The van der Waals surface area contributed by atoms with Crippen molar-refractivity contribution in [3.8, 4) is 0 Å². The summed E-state index contributed by atoms with van der Waals surface area (Å²) in [5, 5.41) is 4.12. The van der Waals surface area contributed by atoms with Crippen LogP contribution < -0.4 is 5.32 Å². The van der Waals surface area contributed by atoms with Gasteiger partial charge in [0.2, 0.25) is 0 Å². The van der Waals surface area contributed by atoms with Gasteiger partial charge < -0.3 is 5.32 Å². The molecule has 0 aliphatic heterocycles. The van der Waals surface area contributed by atoms with E-state index in [1.807, 2.05) is 0 Å². The summed E-state index contributed by atoms with van der Waals surface area (Å²) in [5.74, 6) is 0. The smallest absolute Gasteiger partial charge is 0.0586 e. The predicted octanol–water partition coefficient (Wildman–Crippen LogP) is 3.20. The van der Waals surface area contributed by atoms with E-state index in [0.29, 0.717) is 0 Å². The molecule has 0 saturated heterocycles. The molecule has 1 N–H and O–H groups in total. The van der Waals surface area contributed by atoms with Gasteiger partial charge >= 0.3 is 0 Å². The molecular formula is C16H25NOS. The maximum Gasteiger partial charge on any atom is 0.0586 e. The van der Waals surface area contributed by atoms with Crippen LogP contribution in [0, 0.1) is 0 Å². The molecule has 0 heterocycles. The lowest BCUT2D eigenvalue weighted by molar-refractivity contribution is 0.525. The number of benzene rings is 1. The van der Waals surface area contributed by atoms with Gasteiger partial charge in [0.25, 0.3) is 0 Å². The highest BCUT2D eigenvalue weighted by Crippen LogP contribution is 2.35. The molecule has 1 aromatic carbocycles. The second-order valence-electron chi connectivity index (χ2n) is 5.42. The van der Waals surface area contributed by atoms with Crippen molar-refractivity contribution >= 4 is 10.8 Å². The van der Waals surface area contributed by atoms with Crippen molar-refractivity contribution in [1.82, 2.24) is 5.32 Å². The first-order valence-electron chi connectivity index (χ1n) is 7.39. The van der Waals surface area contributed by atoms with Gasteiger partial charge in [-0.25, -0.2) is 0 Å². The average Bonchev–Trinajstić information content (AvgIpc) is 2.82. The Morgan fingerprint density at radius 1 is 1.37 bits per heavy atom. The summed E-state index contributed by atoms with van der Waals surface area (Å²) >= 11 is 0. The summed E-state index contributed by atoms with van der Waals surface area (Å²) in [7, 11) is -0.762. The van der Waals surface area contributed by atoms with Gasteiger partial charge in [0, 0.05) is 22.1 Å². The summed E-state index contributed by atoms with van der Waals surface area (Å²) in [6.45, 7) is 7.40. The third-order valence-electron chi connectivity index (χ3n) is 4.07. The Morgan fingerprint density at radius 2 is 2.11 bits per heavy atom. The van der Waals surface area contributed by atoms with Crippen molar-refractivity contribution in [2.45, 2.75) is 56.6 Å². The highest BCUT2D eigenvalue weighted by atomic mass is 32.2. The molecule has 1 aliphatic rings. The SMILES string of the molecule is CCCNC1c2ccccc2CC1S(=O)C(C)CC. The molecule has 0 aromatic heterocycles. The van der Waals surface area contributed by atoms with Crippen molar-refractivity contribution in [1.29, 1.82) is 0 Å². The fourth-order valence-electron chi connectivity index (χ4n) is 2.78. The first-order chi connectivity index (χ1) is 9.19. The molecule has 1 aromatic rings. The van der Waals surface area contributed by atoms with Crippen molar-refractivity contribution in [2.24, 2.45) is 0 Å². The summed E-state index contributed by atoms with van der Waals surface area (Å²) in [6, 6.07) is 8.82. The van der Waals surface area contributed by atoms with Crippen LogP contribution >= 0.6 is 0 Å². The molecule has 2 rings (SSSR count). The van der Waals surface area contributed by atoms with Crippen LogP contribution in [0.3, 0.4) is 0 Å².